The van der Waals surface area contributed by atoms with Gasteiger partial charge in [-0.05, 0) is 48.7 Å². The van der Waals surface area contributed by atoms with Crippen LogP contribution in [0, 0.1) is 0 Å². The van der Waals surface area contributed by atoms with Crippen molar-refractivity contribution < 1.29 is 43.1 Å². The van der Waals surface area contributed by atoms with Gasteiger partial charge in [0, 0.05) is 18.7 Å². The standard InChI is InChI=1S/C26H27NO9/c1-31-19-10-15(11-20(32-2)25(19)33-3)22-21(23(28)14-6-7-17-18(9-14)36-13-35-17)24(29)26(30)27(22)12-16-5-4-8-34-16/h6-7,9-11,16,22,28H,4-5,8,12-13H2,1-3H3/t16-,22-/m1/s1. The van der Waals surface area contributed by atoms with Crippen molar-refractivity contribution in [1.29, 1.82) is 0 Å². The van der Waals surface area contributed by atoms with Crippen LogP contribution in [0.5, 0.6) is 28.7 Å². The summed E-state index contributed by atoms with van der Waals surface area (Å²) in [5, 5.41) is 11.4. The van der Waals surface area contributed by atoms with Crippen molar-refractivity contribution in [3.63, 3.8) is 0 Å². The molecule has 10 heteroatoms. The molecular formula is C26H27NO9. The number of benzene rings is 2. The van der Waals surface area contributed by atoms with Crippen LogP contribution in [0.15, 0.2) is 35.9 Å². The molecule has 3 aliphatic heterocycles. The van der Waals surface area contributed by atoms with Crippen molar-refractivity contribution >= 4 is 17.4 Å². The zero-order valence-corrected chi connectivity index (χ0v) is 20.2. The zero-order valence-electron chi connectivity index (χ0n) is 20.2. The van der Waals surface area contributed by atoms with Gasteiger partial charge in [0.1, 0.15) is 5.76 Å². The number of amides is 1. The van der Waals surface area contributed by atoms with Crippen molar-refractivity contribution in [2.75, 3.05) is 41.3 Å². The molecule has 2 aromatic carbocycles. The van der Waals surface area contributed by atoms with Crippen LogP contribution >= 0.6 is 0 Å². The number of aliphatic hydroxyl groups is 1. The van der Waals surface area contributed by atoms with Gasteiger partial charge in [-0.3, -0.25) is 9.59 Å². The predicted molar refractivity (Wildman–Crippen MR) is 127 cm³/mol. The Morgan fingerprint density at radius 2 is 1.75 bits per heavy atom. The minimum atomic E-state index is -0.909. The molecule has 1 N–H and O–H groups in total. The van der Waals surface area contributed by atoms with Crippen molar-refractivity contribution in [2.45, 2.75) is 25.0 Å². The van der Waals surface area contributed by atoms with Gasteiger partial charge in [0.15, 0.2) is 23.0 Å². The highest BCUT2D eigenvalue weighted by Crippen LogP contribution is 2.46. The van der Waals surface area contributed by atoms with Crippen LogP contribution in [-0.2, 0) is 14.3 Å². The van der Waals surface area contributed by atoms with Gasteiger partial charge in [0.05, 0.1) is 39.0 Å². The number of likely N-dealkylation sites (tertiary alicyclic amines) is 1. The highest BCUT2D eigenvalue weighted by molar-refractivity contribution is 6.46. The van der Waals surface area contributed by atoms with E-state index in [1.165, 1.54) is 26.2 Å². The summed E-state index contributed by atoms with van der Waals surface area (Å²) in [7, 11) is 4.46. The van der Waals surface area contributed by atoms with Gasteiger partial charge in [-0.2, -0.15) is 0 Å². The Balaban J connectivity index is 1.67. The molecule has 0 aromatic heterocycles. The molecule has 2 saturated heterocycles. The maximum Gasteiger partial charge on any atom is 0.295 e. The highest BCUT2D eigenvalue weighted by Gasteiger charge is 2.47. The van der Waals surface area contributed by atoms with E-state index in [-0.39, 0.29) is 30.8 Å². The molecule has 0 aliphatic carbocycles. The largest absolute Gasteiger partial charge is 0.507 e. The first kappa shape index (κ1) is 23.8. The summed E-state index contributed by atoms with van der Waals surface area (Å²) in [5.74, 6) is 0.239. The van der Waals surface area contributed by atoms with Gasteiger partial charge in [-0.25, -0.2) is 0 Å². The fourth-order valence-electron chi connectivity index (χ4n) is 4.88. The van der Waals surface area contributed by atoms with Gasteiger partial charge in [0.25, 0.3) is 11.7 Å². The molecular weight excluding hydrogens is 470 g/mol. The van der Waals surface area contributed by atoms with E-state index in [1.54, 1.807) is 30.3 Å². The molecule has 36 heavy (non-hydrogen) atoms. The van der Waals surface area contributed by atoms with Gasteiger partial charge in [0.2, 0.25) is 12.5 Å². The number of nitrogens with zero attached hydrogens (tertiary/aromatic N) is 1. The molecule has 2 fully saturated rings. The van der Waals surface area contributed by atoms with Crippen LogP contribution in [0.1, 0.15) is 30.0 Å². The Morgan fingerprint density at radius 3 is 2.39 bits per heavy atom. The third kappa shape index (κ3) is 3.97. The average Bonchev–Trinajstić information content (AvgIpc) is 3.64. The molecule has 0 saturated carbocycles. The van der Waals surface area contributed by atoms with Crippen LogP contribution in [0.25, 0.3) is 5.76 Å². The van der Waals surface area contributed by atoms with Crippen LogP contribution in [0.3, 0.4) is 0 Å². The lowest BCUT2D eigenvalue weighted by molar-refractivity contribution is -0.140. The number of hydrogen-bond acceptors (Lipinski definition) is 9. The summed E-state index contributed by atoms with van der Waals surface area (Å²) in [5.41, 5.74) is 0.793. The Kier molecular flexibility index (Phi) is 6.36. The maximum atomic E-state index is 13.4. The third-order valence-electron chi connectivity index (χ3n) is 6.61. The van der Waals surface area contributed by atoms with Crippen molar-refractivity contribution in [2.24, 2.45) is 0 Å². The van der Waals surface area contributed by atoms with E-state index in [4.69, 9.17) is 28.4 Å². The number of rotatable bonds is 7. The van der Waals surface area contributed by atoms with Gasteiger partial charge >= 0.3 is 0 Å². The van der Waals surface area contributed by atoms with E-state index >= 15 is 0 Å². The first-order chi connectivity index (χ1) is 17.5. The Bertz CT molecular complexity index is 1210. The number of hydrogen-bond donors (Lipinski definition) is 1. The van der Waals surface area contributed by atoms with Gasteiger partial charge < -0.3 is 38.4 Å². The van der Waals surface area contributed by atoms with Gasteiger partial charge in [-0.1, -0.05) is 0 Å². The number of fused-ring (bicyclic) bond motifs is 1. The molecule has 2 atom stereocenters. The first-order valence-corrected chi connectivity index (χ1v) is 11.6. The molecule has 3 aliphatic rings. The van der Waals surface area contributed by atoms with E-state index in [0.29, 0.717) is 46.5 Å². The third-order valence-corrected chi connectivity index (χ3v) is 6.61. The van der Waals surface area contributed by atoms with Crippen LogP contribution in [0.2, 0.25) is 0 Å². The number of carbonyl (C=O) groups excluding carboxylic acids is 2. The highest BCUT2D eigenvalue weighted by atomic mass is 16.7. The number of aliphatic hydroxyl groups excluding tert-OH is 1. The van der Waals surface area contributed by atoms with Crippen LogP contribution in [-0.4, -0.2) is 69.1 Å². The number of Topliss-reactive ketones (excluding diaryl/α,β-unsaturated/α-hetero) is 1. The second-order valence-electron chi connectivity index (χ2n) is 8.61. The monoisotopic (exact) mass is 497 g/mol. The predicted octanol–water partition coefficient (Wildman–Crippen LogP) is 3.04. The SMILES string of the molecule is COc1cc([C@@H]2C(=C(O)c3ccc4c(c3)OCO4)C(=O)C(=O)N2C[C@H]2CCCO2)cc(OC)c1OC. The summed E-state index contributed by atoms with van der Waals surface area (Å²) >= 11 is 0. The van der Waals surface area contributed by atoms with E-state index in [2.05, 4.69) is 0 Å². The number of carbonyl (C=O) groups is 2. The number of ether oxygens (including phenoxy) is 6. The molecule has 3 heterocycles. The maximum absolute atomic E-state index is 13.4. The molecule has 0 bridgehead atoms. The summed E-state index contributed by atoms with van der Waals surface area (Å²) < 4.78 is 33.0. The summed E-state index contributed by atoms with van der Waals surface area (Å²) in [4.78, 5) is 28.1. The molecule has 0 spiro atoms. The minimum Gasteiger partial charge on any atom is -0.507 e. The average molecular weight is 498 g/mol. The fourth-order valence-corrected chi connectivity index (χ4v) is 4.88. The minimum absolute atomic E-state index is 0.0499. The Labute approximate surface area is 207 Å². The number of methoxy groups -OCH3 is 3. The topological polar surface area (TPSA) is 113 Å². The summed E-state index contributed by atoms with van der Waals surface area (Å²) in [6.45, 7) is 0.862. The van der Waals surface area contributed by atoms with Crippen molar-refractivity contribution in [3.8, 4) is 28.7 Å². The Morgan fingerprint density at radius 1 is 1.03 bits per heavy atom. The van der Waals surface area contributed by atoms with Crippen LogP contribution in [0.4, 0.5) is 0 Å². The molecule has 1 amide bonds. The van der Waals surface area contributed by atoms with Crippen molar-refractivity contribution in [3.05, 3.63) is 47.0 Å². The lowest BCUT2D eigenvalue weighted by Gasteiger charge is -2.28. The van der Waals surface area contributed by atoms with E-state index in [9.17, 15) is 14.7 Å². The van der Waals surface area contributed by atoms with Crippen LogP contribution < -0.4 is 23.7 Å². The normalized spacial score (nSPS) is 22.2. The number of ketones is 1. The zero-order chi connectivity index (χ0) is 25.4. The first-order valence-electron chi connectivity index (χ1n) is 11.6. The Hall–Kier alpha value is -3.92. The van der Waals surface area contributed by atoms with E-state index in [0.717, 1.165) is 12.8 Å². The molecule has 0 radical (unpaired) electrons. The van der Waals surface area contributed by atoms with Crippen molar-refractivity contribution in [1.82, 2.24) is 4.90 Å². The summed E-state index contributed by atoms with van der Waals surface area (Å²) in [6.07, 6.45) is 1.44. The molecule has 5 rings (SSSR count). The molecule has 0 unspecified atom stereocenters. The second kappa shape index (κ2) is 9.62. The molecule has 190 valence electrons. The lowest BCUT2D eigenvalue weighted by atomic mass is 9.94. The smallest absolute Gasteiger partial charge is 0.295 e. The molecule has 2 aromatic rings. The lowest BCUT2D eigenvalue weighted by Crippen LogP contribution is -2.36. The fraction of sp³-hybridized carbons (Fsp3) is 0.385. The van der Waals surface area contributed by atoms with E-state index in [1.807, 2.05) is 0 Å². The second-order valence-corrected chi connectivity index (χ2v) is 8.61. The van der Waals surface area contributed by atoms with E-state index < -0.39 is 17.7 Å². The molecule has 10 nitrogen and oxygen atoms in total. The van der Waals surface area contributed by atoms with Gasteiger partial charge in [-0.15, -0.1) is 0 Å². The quantitative estimate of drug-likeness (QED) is 0.350. The summed E-state index contributed by atoms with van der Waals surface area (Å²) in [6, 6.07) is 7.28.